The molecule has 0 fully saturated rings. The maximum absolute atomic E-state index is 12.1. The lowest BCUT2D eigenvalue weighted by molar-refractivity contribution is 0.0428. The topological polar surface area (TPSA) is 49.8 Å². The van der Waals surface area contributed by atoms with Crippen LogP contribution in [0.25, 0.3) is 0 Å². The van der Waals surface area contributed by atoms with Crippen molar-refractivity contribution in [1.29, 1.82) is 0 Å². The fourth-order valence-electron chi connectivity index (χ4n) is 1.71. The number of methoxy groups -OCH3 is 1. The van der Waals surface area contributed by atoms with Gasteiger partial charge in [0, 0.05) is 24.2 Å². The Morgan fingerprint density at radius 3 is 2.79 bits per heavy atom. The second-order valence-corrected chi connectivity index (χ2v) is 5.20. The highest BCUT2D eigenvalue weighted by molar-refractivity contribution is 6.36. The molecule has 0 amide bonds. The SMILES string of the molecule is COCC(O)CN(C)CC(=O)c1cc(Cl)ccc1Cl. The first-order valence-electron chi connectivity index (χ1n) is 5.77. The minimum atomic E-state index is -0.627. The van der Waals surface area contributed by atoms with E-state index in [1.807, 2.05) is 0 Å². The molecule has 0 bridgehead atoms. The van der Waals surface area contributed by atoms with Crippen molar-refractivity contribution in [1.82, 2.24) is 4.90 Å². The molecule has 0 aliphatic heterocycles. The van der Waals surface area contributed by atoms with Gasteiger partial charge in [-0.2, -0.15) is 0 Å². The van der Waals surface area contributed by atoms with Crippen molar-refractivity contribution < 1.29 is 14.6 Å². The maximum Gasteiger partial charge on any atom is 0.178 e. The molecule has 106 valence electrons. The number of aliphatic hydroxyl groups is 1. The van der Waals surface area contributed by atoms with E-state index in [-0.39, 0.29) is 18.9 Å². The average molecular weight is 306 g/mol. The highest BCUT2D eigenvalue weighted by Crippen LogP contribution is 2.21. The third kappa shape index (κ3) is 5.47. The minimum absolute atomic E-state index is 0.139. The summed E-state index contributed by atoms with van der Waals surface area (Å²) in [6, 6.07) is 4.77. The zero-order valence-electron chi connectivity index (χ0n) is 10.9. The van der Waals surface area contributed by atoms with Crippen LogP contribution in [0.15, 0.2) is 18.2 Å². The van der Waals surface area contributed by atoms with E-state index < -0.39 is 6.10 Å². The minimum Gasteiger partial charge on any atom is -0.389 e. The molecule has 0 saturated carbocycles. The van der Waals surface area contributed by atoms with Crippen LogP contribution < -0.4 is 0 Å². The van der Waals surface area contributed by atoms with Crippen molar-refractivity contribution >= 4 is 29.0 Å². The van der Waals surface area contributed by atoms with Gasteiger partial charge in [-0.05, 0) is 25.2 Å². The van der Waals surface area contributed by atoms with Crippen LogP contribution in [0.3, 0.4) is 0 Å². The Kier molecular flexibility index (Phi) is 6.75. The van der Waals surface area contributed by atoms with E-state index >= 15 is 0 Å². The Labute approximate surface area is 122 Å². The molecular weight excluding hydrogens is 289 g/mol. The molecule has 1 N–H and O–H groups in total. The van der Waals surface area contributed by atoms with Crippen molar-refractivity contribution in [2.75, 3.05) is 33.9 Å². The Balaban J connectivity index is 2.61. The normalized spacial score (nSPS) is 12.7. The van der Waals surface area contributed by atoms with Gasteiger partial charge in [-0.15, -0.1) is 0 Å². The average Bonchev–Trinajstić information content (AvgIpc) is 2.32. The van der Waals surface area contributed by atoms with Gasteiger partial charge in [-0.25, -0.2) is 0 Å². The number of ether oxygens (including phenoxy) is 1. The van der Waals surface area contributed by atoms with Crippen molar-refractivity contribution in [3.05, 3.63) is 33.8 Å². The molecule has 0 spiro atoms. The summed E-state index contributed by atoms with van der Waals surface area (Å²) in [7, 11) is 3.26. The number of hydrogen-bond acceptors (Lipinski definition) is 4. The van der Waals surface area contributed by atoms with Gasteiger partial charge >= 0.3 is 0 Å². The van der Waals surface area contributed by atoms with Crippen molar-refractivity contribution in [3.8, 4) is 0 Å². The lowest BCUT2D eigenvalue weighted by Gasteiger charge is -2.19. The van der Waals surface area contributed by atoms with Gasteiger partial charge in [0.05, 0.1) is 24.3 Å². The highest BCUT2D eigenvalue weighted by Gasteiger charge is 2.15. The van der Waals surface area contributed by atoms with Crippen molar-refractivity contribution in [3.63, 3.8) is 0 Å². The number of benzene rings is 1. The fourth-order valence-corrected chi connectivity index (χ4v) is 2.11. The number of hydrogen-bond donors (Lipinski definition) is 1. The van der Waals surface area contributed by atoms with Crippen LogP contribution in [0.5, 0.6) is 0 Å². The standard InChI is InChI=1S/C13H17Cl2NO3/c1-16(6-10(17)8-19-2)7-13(18)11-5-9(14)3-4-12(11)15/h3-5,10,17H,6-8H2,1-2H3. The van der Waals surface area contributed by atoms with E-state index in [1.54, 1.807) is 30.1 Å². The molecule has 0 aromatic heterocycles. The monoisotopic (exact) mass is 305 g/mol. The number of carbonyl (C=O) groups excluding carboxylic acids is 1. The molecule has 1 aromatic carbocycles. The van der Waals surface area contributed by atoms with Crippen LogP contribution in [-0.2, 0) is 4.74 Å². The number of likely N-dealkylation sites (N-methyl/N-ethyl adjacent to an activating group) is 1. The Morgan fingerprint density at radius 1 is 1.47 bits per heavy atom. The third-order valence-electron chi connectivity index (χ3n) is 2.52. The number of Topliss-reactive ketones (excluding diaryl/α,β-unsaturated/α-hetero) is 1. The predicted octanol–water partition coefficient (Wildman–Crippen LogP) is 2.12. The number of aliphatic hydroxyl groups excluding tert-OH is 1. The molecule has 6 heteroatoms. The number of rotatable bonds is 7. The van der Waals surface area contributed by atoms with Crippen molar-refractivity contribution in [2.24, 2.45) is 0 Å². The molecule has 1 unspecified atom stereocenters. The van der Waals surface area contributed by atoms with Gasteiger partial charge in [-0.1, -0.05) is 23.2 Å². The zero-order chi connectivity index (χ0) is 14.4. The lowest BCUT2D eigenvalue weighted by Crippen LogP contribution is -2.35. The number of halogens is 2. The van der Waals surface area contributed by atoms with E-state index in [2.05, 4.69) is 0 Å². The predicted molar refractivity (Wildman–Crippen MR) is 76.2 cm³/mol. The van der Waals surface area contributed by atoms with Gasteiger partial charge in [0.2, 0.25) is 0 Å². The van der Waals surface area contributed by atoms with Gasteiger partial charge in [0.1, 0.15) is 0 Å². The molecule has 1 atom stereocenters. The van der Waals surface area contributed by atoms with E-state index in [9.17, 15) is 9.90 Å². The second-order valence-electron chi connectivity index (χ2n) is 4.35. The van der Waals surface area contributed by atoms with Crippen LogP contribution in [0, 0.1) is 0 Å². The summed E-state index contributed by atoms with van der Waals surface area (Å²) >= 11 is 11.8. The van der Waals surface area contributed by atoms with E-state index in [0.717, 1.165) is 0 Å². The number of nitrogens with zero attached hydrogens (tertiary/aromatic N) is 1. The molecule has 0 aliphatic rings. The van der Waals surface area contributed by atoms with Gasteiger partial charge in [-0.3, -0.25) is 9.69 Å². The van der Waals surface area contributed by atoms with Gasteiger partial charge in [0.25, 0.3) is 0 Å². The van der Waals surface area contributed by atoms with Crippen LogP contribution in [-0.4, -0.2) is 55.7 Å². The van der Waals surface area contributed by atoms with Crippen LogP contribution >= 0.6 is 23.2 Å². The largest absolute Gasteiger partial charge is 0.389 e. The Hall–Kier alpha value is -0.650. The van der Waals surface area contributed by atoms with E-state index in [0.29, 0.717) is 22.2 Å². The highest BCUT2D eigenvalue weighted by atomic mass is 35.5. The lowest BCUT2D eigenvalue weighted by atomic mass is 10.1. The summed E-state index contributed by atoms with van der Waals surface area (Å²) in [6.07, 6.45) is -0.627. The molecule has 0 radical (unpaired) electrons. The van der Waals surface area contributed by atoms with Gasteiger partial charge in [0.15, 0.2) is 5.78 Å². The first kappa shape index (κ1) is 16.4. The summed E-state index contributed by atoms with van der Waals surface area (Å²) < 4.78 is 4.83. The van der Waals surface area contributed by atoms with Crippen LogP contribution in [0.4, 0.5) is 0 Å². The molecule has 4 nitrogen and oxygen atoms in total. The molecule has 0 aliphatic carbocycles. The van der Waals surface area contributed by atoms with Crippen LogP contribution in [0.1, 0.15) is 10.4 Å². The quantitative estimate of drug-likeness (QED) is 0.784. The molecular formula is C13H17Cl2NO3. The summed E-state index contributed by atoms with van der Waals surface area (Å²) in [5.41, 5.74) is 0.391. The zero-order valence-corrected chi connectivity index (χ0v) is 12.4. The Bertz CT molecular complexity index is 440. The van der Waals surface area contributed by atoms with Crippen molar-refractivity contribution in [2.45, 2.75) is 6.10 Å². The van der Waals surface area contributed by atoms with Crippen LogP contribution in [0.2, 0.25) is 10.0 Å². The molecule has 19 heavy (non-hydrogen) atoms. The summed E-state index contributed by atoms with van der Waals surface area (Å²) in [6.45, 7) is 0.731. The first-order chi connectivity index (χ1) is 8.93. The maximum atomic E-state index is 12.1. The Morgan fingerprint density at radius 2 is 2.16 bits per heavy atom. The third-order valence-corrected chi connectivity index (χ3v) is 3.09. The molecule has 1 aromatic rings. The van der Waals surface area contributed by atoms with Gasteiger partial charge < -0.3 is 9.84 Å². The molecule has 1 rings (SSSR count). The first-order valence-corrected chi connectivity index (χ1v) is 6.53. The number of ketones is 1. The van der Waals surface area contributed by atoms with E-state index in [1.165, 1.54) is 7.11 Å². The smallest absolute Gasteiger partial charge is 0.178 e. The second kappa shape index (κ2) is 7.82. The van der Waals surface area contributed by atoms with E-state index in [4.69, 9.17) is 27.9 Å². The number of carbonyl (C=O) groups is 1. The molecule has 0 heterocycles. The summed E-state index contributed by atoms with van der Waals surface area (Å²) in [5, 5.41) is 10.4. The fraction of sp³-hybridized carbons (Fsp3) is 0.462. The summed E-state index contributed by atoms with van der Waals surface area (Å²) in [5.74, 6) is -0.139. The summed E-state index contributed by atoms with van der Waals surface area (Å²) in [4.78, 5) is 13.8. The molecule has 0 saturated heterocycles.